The Morgan fingerprint density at radius 3 is 2.45 bits per heavy atom. The van der Waals surface area contributed by atoms with E-state index in [9.17, 15) is 4.79 Å². The molecule has 1 aromatic heterocycles. The molecule has 1 N–H and O–H groups in total. The zero-order valence-electron chi connectivity index (χ0n) is 19.5. The zero-order valence-corrected chi connectivity index (χ0v) is 20.4. The summed E-state index contributed by atoms with van der Waals surface area (Å²) in [5.74, 6) is 2.68. The van der Waals surface area contributed by atoms with Gasteiger partial charge in [-0.25, -0.2) is 0 Å². The fraction of sp³-hybridized carbons (Fsp3) is 0.400. The van der Waals surface area contributed by atoms with Crippen LogP contribution in [0.2, 0.25) is 0 Å². The molecule has 3 rings (SSSR count). The van der Waals surface area contributed by atoms with Crippen LogP contribution in [-0.4, -0.2) is 46.2 Å². The minimum Gasteiger partial charge on any atom is -0.490 e. The third kappa shape index (κ3) is 7.25. The summed E-state index contributed by atoms with van der Waals surface area (Å²) in [6.07, 6.45) is 1.44. The molecule has 176 valence electrons. The van der Waals surface area contributed by atoms with Crippen LogP contribution < -0.4 is 14.8 Å². The summed E-state index contributed by atoms with van der Waals surface area (Å²) in [5.41, 5.74) is 2.28. The third-order valence-corrected chi connectivity index (χ3v) is 5.96. The molecule has 1 heterocycles. The van der Waals surface area contributed by atoms with Crippen LogP contribution in [0.4, 0.5) is 0 Å². The Bertz CT molecular complexity index is 1020. The summed E-state index contributed by atoms with van der Waals surface area (Å²) in [4.78, 5) is 12.4. The summed E-state index contributed by atoms with van der Waals surface area (Å²) in [7, 11) is 0. The lowest BCUT2D eigenvalue weighted by Crippen LogP contribution is -2.27. The minimum atomic E-state index is -0.0220. The Hall–Kier alpha value is -3.00. The SMILES string of the molecule is CCOc1ccc(CCNC(=O)CSc2nnc(Cc3ccccc3)n2CC)cc1OCC. The summed E-state index contributed by atoms with van der Waals surface area (Å²) < 4.78 is 13.3. The molecular formula is C25H32N4O3S. The Morgan fingerprint density at radius 2 is 1.73 bits per heavy atom. The van der Waals surface area contributed by atoms with E-state index in [1.807, 2.05) is 50.2 Å². The van der Waals surface area contributed by atoms with Crippen LogP contribution in [-0.2, 0) is 24.2 Å². The van der Waals surface area contributed by atoms with Gasteiger partial charge in [0.2, 0.25) is 5.91 Å². The lowest BCUT2D eigenvalue weighted by atomic mass is 10.1. The van der Waals surface area contributed by atoms with Crippen LogP contribution in [0.15, 0.2) is 53.7 Å². The topological polar surface area (TPSA) is 78.3 Å². The number of benzene rings is 2. The number of nitrogens with one attached hydrogen (secondary N) is 1. The highest BCUT2D eigenvalue weighted by atomic mass is 32.2. The molecule has 33 heavy (non-hydrogen) atoms. The highest BCUT2D eigenvalue weighted by molar-refractivity contribution is 7.99. The van der Waals surface area contributed by atoms with Gasteiger partial charge in [0.1, 0.15) is 5.82 Å². The molecular weight excluding hydrogens is 436 g/mol. The smallest absolute Gasteiger partial charge is 0.230 e. The van der Waals surface area contributed by atoms with Crippen molar-refractivity contribution in [1.82, 2.24) is 20.1 Å². The summed E-state index contributed by atoms with van der Waals surface area (Å²) in [6, 6.07) is 16.1. The van der Waals surface area contributed by atoms with Crippen molar-refractivity contribution in [2.75, 3.05) is 25.5 Å². The number of rotatable bonds is 13. The van der Waals surface area contributed by atoms with Gasteiger partial charge in [-0.15, -0.1) is 10.2 Å². The van der Waals surface area contributed by atoms with Gasteiger partial charge in [-0.3, -0.25) is 4.79 Å². The van der Waals surface area contributed by atoms with Crippen LogP contribution in [0.3, 0.4) is 0 Å². The molecule has 2 aromatic carbocycles. The van der Waals surface area contributed by atoms with Crippen molar-refractivity contribution in [3.63, 3.8) is 0 Å². The van der Waals surface area contributed by atoms with Gasteiger partial charge < -0.3 is 19.4 Å². The maximum Gasteiger partial charge on any atom is 0.230 e. The highest BCUT2D eigenvalue weighted by Gasteiger charge is 2.14. The second kappa shape index (κ2) is 12.9. The van der Waals surface area contributed by atoms with E-state index in [1.54, 1.807) is 0 Å². The van der Waals surface area contributed by atoms with Gasteiger partial charge in [-0.1, -0.05) is 48.2 Å². The van der Waals surface area contributed by atoms with E-state index >= 15 is 0 Å². The molecule has 0 spiro atoms. The van der Waals surface area contributed by atoms with Gasteiger partial charge in [0.25, 0.3) is 0 Å². The molecule has 0 radical (unpaired) electrons. The molecule has 0 bridgehead atoms. The summed E-state index contributed by atoms with van der Waals surface area (Å²) in [5, 5.41) is 12.4. The highest BCUT2D eigenvalue weighted by Crippen LogP contribution is 2.28. The number of aromatic nitrogens is 3. The zero-order chi connectivity index (χ0) is 23.5. The van der Waals surface area contributed by atoms with Gasteiger partial charge in [-0.2, -0.15) is 0 Å². The quantitative estimate of drug-likeness (QED) is 0.380. The Labute approximate surface area is 199 Å². The lowest BCUT2D eigenvalue weighted by Gasteiger charge is -2.12. The predicted octanol–water partition coefficient (Wildman–Crippen LogP) is 4.14. The van der Waals surface area contributed by atoms with E-state index < -0.39 is 0 Å². The van der Waals surface area contributed by atoms with Gasteiger partial charge in [-0.05, 0) is 50.5 Å². The second-order valence-electron chi connectivity index (χ2n) is 7.34. The van der Waals surface area contributed by atoms with Crippen molar-refractivity contribution in [1.29, 1.82) is 0 Å². The second-order valence-corrected chi connectivity index (χ2v) is 8.28. The first-order valence-electron chi connectivity index (χ1n) is 11.4. The monoisotopic (exact) mass is 468 g/mol. The minimum absolute atomic E-state index is 0.0220. The molecule has 3 aromatic rings. The molecule has 0 saturated carbocycles. The number of carbonyl (C=O) groups is 1. The fourth-order valence-corrected chi connectivity index (χ4v) is 4.28. The molecule has 0 aliphatic carbocycles. The number of ether oxygens (including phenoxy) is 2. The van der Waals surface area contributed by atoms with E-state index in [0.717, 1.165) is 47.4 Å². The van der Waals surface area contributed by atoms with Gasteiger partial charge in [0, 0.05) is 19.5 Å². The Kier molecular flexibility index (Phi) is 9.62. The molecule has 0 aliphatic heterocycles. The average Bonchev–Trinajstić information content (AvgIpc) is 3.21. The largest absolute Gasteiger partial charge is 0.490 e. The molecule has 1 amide bonds. The van der Waals surface area contributed by atoms with E-state index in [2.05, 4.69) is 39.1 Å². The number of nitrogens with zero attached hydrogens (tertiary/aromatic N) is 3. The summed E-state index contributed by atoms with van der Waals surface area (Å²) in [6.45, 7) is 8.45. The molecule has 0 aliphatic rings. The normalized spacial score (nSPS) is 10.8. The Balaban J connectivity index is 1.48. The van der Waals surface area contributed by atoms with Crippen LogP contribution in [0.1, 0.15) is 37.7 Å². The maximum atomic E-state index is 12.4. The molecule has 0 saturated heterocycles. The van der Waals surface area contributed by atoms with Gasteiger partial charge in [0.15, 0.2) is 16.7 Å². The molecule has 7 nitrogen and oxygen atoms in total. The fourth-order valence-electron chi connectivity index (χ4n) is 3.43. The molecule has 0 fully saturated rings. The molecule has 8 heteroatoms. The lowest BCUT2D eigenvalue weighted by molar-refractivity contribution is -0.118. The van der Waals surface area contributed by atoms with E-state index in [1.165, 1.54) is 17.3 Å². The number of hydrogen-bond donors (Lipinski definition) is 1. The first-order valence-corrected chi connectivity index (χ1v) is 12.4. The average molecular weight is 469 g/mol. The first kappa shape index (κ1) is 24.6. The van der Waals surface area contributed by atoms with Crippen LogP contribution in [0.25, 0.3) is 0 Å². The predicted molar refractivity (Wildman–Crippen MR) is 131 cm³/mol. The third-order valence-electron chi connectivity index (χ3n) is 4.99. The Morgan fingerprint density at radius 1 is 0.970 bits per heavy atom. The van der Waals surface area contributed by atoms with Crippen molar-refractivity contribution < 1.29 is 14.3 Å². The van der Waals surface area contributed by atoms with E-state index in [0.29, 0.717) is 25.5 Å². The standard InChI is InChI=1S/C25H32N4O3S/c1-4-29-23(17-19-10-8-7-9-11-19)27-28-25(29)33-18-24(30)26-15-14-20-12-13-21(31-5-2)22(16-20)32-6-3/h7-13,16H,4-6,14-15,17-18H2,1-3H3,(H,26,30). The van der Waals surface area contributed by atoms with Crippen molar-refractivity contribution >= 4 is 17.7 Å². The van der Waals surface area contributed by atoms with Crippen LogP contribution >= 0.6 is 11.8 Å². The van der Waals surface area contributed by atoms with Gasteiger partial charge in [0.05, 0.1) is 19.0 Å². The van der Waals surface area contributed by atoms with E-state index in [4.69, 9.17) is 9.47 Å². The number of carbonyl (C=O) groups excluding carboxylic acids is 1. The van der Waals surface area contributed by atoms with Crippen molar-refractivity contribution in [2.24, 2.45) is 0 Å². The van der Waals surface area contributed by atoms with Gasteiger partial charge >= 0.3 is 0 Å². The van der Waals surface area contributed by atoms with Crippen LogP contribution in [0, 0.1) is 0 Å². The first-order chi connectivity index (χ1) is 16.1. The number of hydrogen-bond acceptors (Lipinski definition) is 6. The molecule has 0 atom stereocenters. The number of thioether (sulfide) groups is 1. The van der Waals surface area contributed by atoms with Crippen molar-refractivity contribution in [2.45, 2.75) is 45.3 Å². The van der Waals surface area contributed by atoms with Crippen molar-refractivity contribution in [3.05, 3.63) is 65.5 Å². The maximum absolute atomic E-state index is 12.4. The number of amides is 1. The van der Waals surface area contributed by atoms with Crippen LogP contribution in [0.5, 0.6) is 11.5 Å². The summed E-state index contributed by atoms with van der Waals surface area (Å²) >= 11 is 1.41. The van der Waals surface area contributed by atoms with Crippen molar-refractivity contribution in [3.8, 4) is 11.5 Å². The van der Waals surface area contributed by atoms with E-state index in [-0.39, 0.29) is 5.91 Å². The molecule has 0 unspecified atom stereocenters.